The van der Waals surface area contributed by atoms with E-state index in [1.54, 1.807) is 6.07 Å². The van der Waals surface area contributed by atoms with Gasteiger partial charge in [-0.15, -0.1) is 0 Å². The zero-order chi connectivity index (χ0) is 16.4. The molecule has 0 N–H and O–H groups in total. The number of rotatable bonds is 4. The summed E-state index contributed by atoms with van der Waals surface area (Å²) in [5.74, 6) is 0.719. The molecule has 0 amide bonds. The molecule has 0 unspecified atom stereocenters. The van der Waals surface area contributed by atoms with Crippen LogP contribution in [0.15, 0.2) is 30.6 Å². The van der Waals surface area contributed by atoms with E-state index in [9.17, 15) is 4.39 Å². The number of halogens is 2. The van der Waals surface area contributed by atoms with E-state index in [2.05, 4.69) is 28.3 Å². The molecule has 2 heterocycles. The lowest BCUT2D eigenvalue weighted by Gasteiger charge is -2.33. The normalized spacial score (nSPS) is 19.4. The third kappa shape index (κ3) is 3.74. The van der Waals surface area contributed by atoms with Gasteiger partial charge in [-0.2, -0.15) is 0 Å². The minimum Gasteiger partial charge on any atom is -0.371 e. The van der Waals surface area contributed by atoms with Crippen LogP contribution in [-0.2, 0) is 11.3 Å². The highest BCUT2D eigenvalue weighted by atomic mass is 35.5. The molecule has 0 aliphatic carbocycles. The van der Waals surface area contributed by atoms with Crippen LogP contribution in [0, 0.1) is 5.82 Å². The highest BCUT2D eigenvalue weighted by Crippen LogP contribution is 2.29. The van der Waals surface area contributed by atoms with Gasteiger partial charge in [-0.05, 0) is 26.0 Å². The molecule has 4 nitrogen and oxygen atoms in total. The van der Waals surface area contributed by atoms with Crippen LogP contribution in [0.5, 0.6) is 0 Å². The van der Waals surface area contributed by atoms with Gasteiger partial charge in [-0.3, -0.25) is 4.90 Å². The average Bonchev–Trinajstić information content (AvgIpc) is 2.96. The maximum absolute atomic E-state index is 13.2. The lowest BCUT2D eigenvalue weighted by atomic mass is 10.1. The third-order valence-electron chi connectivity index (χ3n) is 4.13. The average molecular weight is 338 g/mol. The largest absolute Gasteiger partial charge is 0.371 e. The molecule has 0 bridgehead atoms. The first-order valence-electron chi connectivity index (χ1n) is 7.85. The van der Waals surface area contributed by atoms with Gasteiger partial charge in [0.25, 0.3) is 0 Å². The summed E-state index contributed by atoms with van der Waals surface area (Å²) < 4.78 is 21.2. The van der Waals surface area contributed by atoms with Crippen LogP contribution in [0.2, 0.25) is 5.02 Å². The molecular weight excluding hydrogens is 317 g/mol. The Labute approximate surface area is 140 Å². The van der Waals surface area contributed by atoms with E-state index in [1.165, 1.54) is 12.1 Å². The summed E-state index contributed by atoms with van der Waals surface area (Å²) in [6.45, 7) is 7.25. The van der Waals surface area contributed by atoms with E-state index in [0.717, 1.165) is 31.0 Å². The molecular formula is C17H21ClFN3O. The van der Waals surface area contributed by atoms with Crippen LogP contribution in [0.25, 0.3) is 0 Å². The molecule has 1 aromatic heterocycles. The van der Waals surface area contributed by atoms with E-state index in [4.69, 9.17) is 16.3 Å². The maximum atomic E-state index is 13.2. The lowest BCUT2D eigenvalue weighted by Crippen LogP contribution is -2.38. The Hall–Kier alpha value is -1.43. The highest BCUT2D eigenvalue weighted by Gasteiger charge is 2.25. The first kappa shape index (κ1) is 16.4. The van der Waals surface area contributed by atoms with E-state index < -0.39 is 0 Å². The Balaban J connectivity index is 1.72. The van der Waals surface area contributed by atoms with Crippen molar-refractivity contribution in [2.45, 2.75) is 32.5 Å². The number of morpholine rings is 1. The molecule has 1 aliphatic rings. The lowest BCUT2D eigenvalue weighted by molar-refractivity contribution is -0.0339. The van der Waals surface area contributed by atoms with Crippen molar-refractivity contribution in [3.8, 4) is 0 Å². The third-order valence-corrected chi connectivity index (χ3v) is 4.46. The van der Waals surface area contributed by atoms with Crippen molar-refractivity contribution in [3.63, 3.8) is 0 Å². The SMILES string of the molecule is CC(C)n1ccnc1CN1CCO[C@H](c2ccc(F)cc2Cl)C1. The molecule has 2 aromatic rings. The molecule has 3 rings (SSSR count). The van der Waals surface area contributed by atoms with Crippen molar-refractivity contribution in [2.75, 3.05) is 19.7 Å². The number of imidazole rings is 1. The molecule has 0 saturated carbocycles. The summed E-state index contributed by atoms with van der Waals surface area (Å²) in [6, 6.07) is 4.86. The van der Waals surface area contributed by atoms with Crippen LogP contribution in [-0.4, -0.2) is 34.1 Å². The Morgan fingerprint density at radius 1 is 1.43 bits per heavy atom. The molecule has 1 fully saturated rings. The van der Waals surface area contributed by atoms with Crippen LogP contribution < -0.4 is 0 Å². The molecule has 1 aliphatic heterocycles. The summed E-state index contributed by atoms with van der Waals surface area (Å²) in [5.41, 5.74) is 0.838. The zero-order valence-electron chi connectivity index (χ0n) is 13.4. The second-order valence-electron chi connectivity index (χ2n) is 6.10. The molecule has 1 aromatic carbocycles. The fraction of sp³-hybridized carbons (Fsp3) is 0.471. The van der Waals surface area contributed by atoms with Gasteiger partial charge in [0.1, 0.15) is 11.6 Å². The van der Waals surface area contributed by atoms with Gasteiger partial charge in [0.15, 0.2) is 0 Å². The van der Waals surface area contributed by atoms with Crippen LogP contribution >= 0.6 is 11.6 Å². The smallest absolute Gasteiger partial charge is 0.124 e. The number of nitrogens with zero attached hydrogens (tertiary/aromatic N) is 3. The fourth-order valence-corrected chi connectivity index (χ4v) is 3.22. The van der Waals surface area contributed by atoms with Gasteiger partial charge in [-0.1, -0.05) is 17.7 Å². The fourth-order valence-electron chi connectivity index (χ4n) is 2.93. The second-order valence-corrected chi connectivity index (χ2v) is 6.51. The van der Waals surface area contributed by atoms with E-state index in [-0.39, 0.29) is 11.9 Å². The molecule has 1 atom stereocenters. The molecule has 1 saturated heterocycles. The van der Waals surface area contributed by atoms with Gasteiger partial charge in [0.2, 0.25) is 0 Å². The monoisotopic (exact) mass is 337 g/mol. The van der Waals surface area contributed by atoms with Gasteiger partial charge in [0.05, 0.1) is 19.3 Å². The van der Waals surface area contributed by atoms with Crippen molar-refractivity contribution >= 4 is 11.6 Å². The molecule has 124 valence electrons. The van der Waals surface area contributed by atoms with E-state index in [0.29, 0.717) is 17.7 Å². The van der Waals surface area contributed by atoms with Crippen molar-refractivity contribution in [1.82, 2.24) is 14.5 Å². The van der Waals surface area contributed by atoms with E-state index in [1.807, 2.05) is 12.4 Å². The van der Waals surface area contributed by atoms with Crippen molar-refractivity contribution in [1.29, 1.82) is 0 Å². The van der Waals surface area contributed by atoms with Crippen molar-refractivity contribution < 1.29 is 9.13 Å². The van der Waals surface area contributed by atoms with Crippen LogP contribution in [0.1, 0.15) is 37.4 Å². The molecule has 0 spiro atoms. The summed E-state index contributed by atoms with van der Waals surface area (Å²) in [7, 11) is 0. The molecule has 6 heteroatoms. The number of ether oxygens (including phenoxy) is 1. The standard InChI is InChI=1S/C17H21ClFN3O/c1-12(2)22-6-5-20-17(22)11-21-7-8-23-16(10-21)14-4-3-13(19)9-15(14)18/h3-6,9,12,16H,7-8,10-11H2,1-2H3/t16-/m0/s1. The van der Waals surface area contributed by atoms with Gasteiger partial charge >= 0.3 is 0 Å². The summed E-state index contributed by atoms with van der Waals surface area (Å²) >= 11 is 6.17. The summed E-state index contributed by atoms with van der Waals surface area (Å²) in [4.78, 5) is 6.76. The predicted octanol–water partition coefficient (Wildman–Crippen LogP) is 3.83. The molecule has 23 heavy (non-hydrogen) atoms. The minimum absolute atomic E-state index is 0.140. The Morgan fingerprint density at radius 2 is 2.26 bits per heavy atom. The number of hydrogen-bond acceptors (Lipinski definition) is 3. The number of aromatic nitrogens is 2. The van der Waals surface area contributed by atoms with Gasteiger partial charge in [0, 0.05) is 42.1 Å². The first-order valence-corrected chi connectivity index (χ1v) is 8.23. The Bertz CT molecular complexity index is 674. The zero-order valence-corrected chi connectivity index (χ0v) is 14.1. The van der Waals surface area contributed by atoms with E-state index >= 15 is 0 Å². The summed E-state index contributed by atoms with van der Waals surface area (Å²) in [5, 5.41) is 0.417. The Kier molecular flexibility index (Phi) is 4.99. The quantitative estimate of drug-likeness (QED) is 0.849. The minimum atomic E-state index is -0.328. The van der Waals surface area contributed by atoms with Crippen LogP contribution in [0.3, 0.4) is 0 Å². The topological polar surface area (TPSA) is 30.3 Å². The van der Waals surface area contributed by atoms with Gasteiger partial charge < -0.3 is 9.30 Å². The van der Waals surface area contributed by atoms with Crippen LogP contribution in [0.4, 0.5) is 4.39 Å². The number of hydrogen-bond donors (Lipinski definition) is 0. The Morgan fingerprint density at radius 3 is 3.00 bits per heavy atom. The van der Waals surface area contributed by atoms with Gasteiger partial charge in [-0.25, -0.2) is 9.37 Å². The van der Waals surface area contributed by atoms with Crippen molar-refractivity contribution in [3.05, 3.63) is 52.8 Å². The highest BCUT2D eigenvalue weighted by molar-refractivity contribution is 6.31. The maximum Gasteiger partial charge on any atom is 0.124 e. The number of benzene rings is 1. The summed E-state index contributed by atoms with van der Waals surface area (Å²) in [6.07, 6.45) is 3.71. The molecule has 0 radical (unpaired) electrons. The second kappa shape index (κ2) is 6.99. The first-order chi connectivity index (χ1) is 11.0. The predicted molar refractivity (Wildman–Crippen MR) is 88.0 cm³/mol. The van der Waals surface area contributed by atoms with Crippen molar-refractivity contribution in [2.24, 2.45) is 0 Å².